The van der Waals surface area contributed by atoms with Crippen LogP contribution in [0.1, 0.15) is 36.7 Å². The van der Waals surface area contributed by atoms with Crippen molar-refractivity contribution in [3.63, 3.8) is 0 Å². The van der Waals surface area contributed by atoms with Crippen LogP contribution in [0.4, 0.5) is 0 Å². The van der Waals surface area contributed by atoms with Gasteiger partial charge in [-0.15, -0.1) is 0 Å². The molecular formula is C17H27N3O2. The Morgan fingerprint density at radius 3 is 2.41 bits per heavy atom. The molecule has 0 radical (unpaired) electrons. The Balaban J connectivity index is 2.58. The molecule has 0 saturated heterocycles. The summed E-state index contributed by atoms with van der Waals surface area (Å²) in [5.74, 6) is -0.0980. The molecule has 2 N–H and O–H groups in total. The summed E-state index contributed by atoms with van der Waals surface area (Å²) in [6, 6.07) is 7.33. The van der Waals surface area contributed by atoms with Gasteiger partial charge in [0, 0.05) is 30.6 Å². The summed E-state index contributed by atoms with van der Waals surface area (Å²) in [7, 11) is 3.93. The molecule has 0 saturated carbocycles. The summed E-state index contributed by atoms with van der Waals surface area (Å²) < 4.78 is 0. The van der Waals surface area contributed by atoms with Gasteiger partial charge in [0.05, 0.1) is 0 Å². The Bertz CT molecular complexity index is 519. The van der Waals surface area contributed by atoms with Gasteiger partial charge < -0.3 is 15.5 Å². The number of carbonyl (C=O) groups is 2. The van der Waals surface area contributed by atoms with Gasteiger partial charge in [-0.05, 0) is 31.8 Å². The van der Waals surface area contributed by atoms with E-state index in [4.69, 9.17) is 0 Å². The van der Waals surface area contributed by atoms with Crippen LogP contribution in [0.15, 0.2) is 24.3 Å². The van der Waals surface area contributed by atoms with Crippen LogP contribution >= 0.6 is 0 Å². The van der Waals surface area contributed by atoms with E-state index in [9.17, 15) is 9.59 Å². The molecule has 2 amide bonds. The number of carbonyl (C=O) groups excluding carboxylic acids is 2. The summed E-state index contributed by atoms with van der Waals surface area (Å²) in [5, 5.41) is 5.76. The zero-order valence-electron chi connectivity index (χ0n) is 14.2. The number of hydrogen-bond acceptors (Lipinski definition) is 3. The Kier molecular flexibility index (Phi) is 6.56. The second-order valence-electron chi connectivity index (χ2n) is 6.69. The van der Waals surface area contributed by atoms with Crippen LogP contribution in [0.25, 0.3) is 0 Å². The van der Waals surface area contributed by atoms with Crippen molar-refractivity contribution in [3.8, 4) is 0 Å². The number of likely N-dealkylation sites (N-methyl/N-ethyl adjacent to an activating group) is 1. The molecular weight excluding hydrogens is 278 g/mol. The SMILES string of the molecule is CN(C)CCNC(=O)c1cccc(CNC(=O)C(C)(C)C)c1. The first-order valence-corrected chi connectivity index (χ1v) is 7.50. The van der Waals surface area contributed by atoms with E-state index in [1.807, 2.05) is 58.0 Å². The molecule has 0 aromatic heterocycles. The molecule has 0 aliphatic heterocycles. The third-order valence-electron chi connectivity index (χ3n) is 3.17. The van der Waals surface area contributed by atoms with Crippen LogP contribution in [0.3, 0.4) is 0 Å². The molecule has 0 fully saturated rings. The van der Waals surface area contributed by atoms with Gasteiger partial charge in [-0.3, -0.25) is 9.59 Å². The highest BCUT2D eigenvalue weighted by Crippen LogP contribution is 2.13. The lowest BCUT2D eigenvalue weighted by atomic mass is 9.95. The van der Waals surface area contributed by atoms with Crippen LogP contribution in [-0.4, -0.2) is 43.9 Å². The summed E-state index contributed by atoms with van der Waals surface area (Å²) in [6.45, 7) is 7.45. The topological polar surface area (TPSA) is 61.4 Å². The van der Waals surface area contributed by atoms with E-state index in [-0.39, 0.29) is 11.8 Å². The van der Waals surface area contributed by atoms with Gasteiger partial charge in [0.25, 0.3) is 5.91 Å². The molecule has 0 spiro atoms. The van der Waals surface area contributed by atoms with E-state index in [1.54, 1.807) is 6.07 Å². The third kappa shape index (κ3) is 6.26. The lowest BCUT2D eigenvalue weighted by Crippen LogP contribution is -2.34. The van der Waals surface area contributed by atoms with Gasteiger partial charge in [-0.1, -0.05) is 32.9 Å². The number of amides is 2. The van der Waals surface area contributed by atoms with E-state index >= 15 is 0 Å². The maximum absolute atomic E-state index is 12.1. The van der Waals surface area contributed by atoms with Gasteiger partial charge in [0.2, 0.25) is 5.91 Å². The van der Waals surface area contributed by atoms with Gasteiger partial charge in [0.15, 0.2) is 0 Å². The highest BCUT2D eigenvalue weighted by Gasteiger charge is 2.20. The highest BCUT2D eigenvalue weighted by molar-refractivity contribution is 5.94. The molecule has 1 aromatic rings. The van der Waals surface area contributed by atoms with Gasteiger partial charge in [-0.2, -0.15) is 0 Å². The van der Waals surface area contributed by atoms with Crippen LogP contribution in [0.2, 0.25) is 0 Å². The fourth-order valence-electron chi connectivity index (χ4n) is 1.77. The van der Waals surface area contributed by atoms with Crippen molar-refractivity contribution in [1.82, 2.24) is 15.5 Å². The van der Waals surface area contributed by atoms with Crippen LogP contribution in [0.5, 0.6) is 0 Å². The molecule has 0 unspecified atom stereocenters. The zero-order valence-corrected chi connectivity index (χ0v) is 14.2. The lowest BCUT2D eigenvalue weighted by molar-refractivity contribution is -0.128. The highest BCUT2D eigenvalue weighted by atomic mass is 16.2. The monoisotopic (exact) mass is 305 g/mol. The second-order valence-corrected chi connectivity index (χ2v) is 6.69. The Labute approximate surface area is 133 Å². The molecule has 0 atom stereocenters. The quantitative estimate of drug-likeness (QED) is 0.840. The van der Waals surface area contributed by atoms with Crippen molar-refractivity contribution in [1.29, 1.82) is 0 Å². The first-order chi connectivity index (χ1) is 10.2. The average molecular weight is 305 g/mol. The van der Waals surface area contributed by atoms with E-state index in [2.05, 4.69) is 10.6 Å². The molecule has 1 rings (SSSR count). The van der Waals surface area contributed by atoms with Crippen molar-refractivity contribution in [2.75, 3.05) is 27.2 Å². The molecule has 0 aliphatic rings. The van der Waals surface area contributed by atoms with Gasteiger partial charge in [-0.25, -0.2) is 0 Å². The fourth-order valence-corrected chi connectivity index (χ4v) is 1.77. The minimum absolute atomic E-state index is 0.00617. The Morgan fingerprint density at radius 1 is 1.14 bits per heavy atom. The molecule has 0 aliphatic carbocycles. The number of rotatable bonds is 6. The van der Waals surface area contributed by atoms with E-state index in [1.165, 1.54) is 0 Å². The maximum Gasteiger partial charge on any atom is 0.251 e. The van der Waals surface area contributed by atoms with Crippen molar-refractivity contribution in [3.05, 3.63) is 35.4 Å². The molecule has 5 nitrogen and oxygen atoms in total. The third-order valence-corrected chi connectivity index (χ3v) is 3.17. The number of hydrogen-bond donors (Lipinski definition) is 2. The minimum Gasteiger partial charge on any atom is -0.352 e. The molecule has 122 valence electrons. The van der Waals surface area contributed by atoms with Crippen molar-refractivity contribution >= 4 is 11.8 Å². The number of benzene rings is 1. The molecule has 22 heavy (non-hydrogen) atoms. The summed E-state index contributed by atoms with van der Waals surface area (Å²) in [6.07, 6.45) is 0. The Hall–Kier alpha value is -1.88. The van der Waals surface area contributed by atoms with Gasteiger partial charge in [0.1, 0.15) is 0 Å². The summed E-state index contributed by atoms with van der Waals surface area (Å²) in [4.78, 5) is 25.9. The normalized spacial score (nSPS) is 11.4. The van der Waals surface area contributed by atoms with Crippen LogP contribution in [0, 0.1) is 5.41 Å². The second kappa shape index (κ2) is 7.94. The number of nitrogens with zero attached hydrogens (tertiary/aromatic N) is 1. The first kappa shape index (κ1) is 18.2. The largest absolute Gasteiger partial charge is 0.352 e. The van der Waals surface area contributed by atoms with Crippen LogP contribution in [-0.2, 0) is 11.3 Å². The summed E-state index contributed by atoms with van der Waals surface area (Å²) >= 11 is 0. The zero-order chi connectivity index (χ0) is 16.8. The predicted octanol–water partition coefficient (Wildman–Crippen LogP) is 1.64. The first-order valence-electron chi connectivity index (χ1n) is 7.50. The molecule has 0 heterocycles. The predicted molar refractivity (Wildman–Crippen MR) is 88.6 cm³/mol. The smallest absolute Gasteiger partial charge is 0.251 e. The minimum atomic E-state index is -0.416. The lowest BCUT2D eigenvalue weighted by Gasteiger charge is -2.17. The number of nitrogens with one attached hydrogen (secondary N) is 2. The molecule has 1 aromatic carbocycles. The van der Waals surface area contributed by atoms with Crippen molar-refractivity contribution in [2.45, 2.75) is 27.3 Å². The van der Waals surface area contributed by atoms with E-state index in [0.717, 1.165) is 12.1 Å². The van der Waals surface area contributed by atoms with Crippen molar-refractivity contribution < 1.29 is 9.59 Å². The standard InChI is InChI=1S/C17H27N3O2/c1-17(2,3)16(22)19-12-13-7-6-8-14(11-13)15(21)18-9-10-20(4)5/h6-8,11H,9-10,12H2,1-5H3,(H,18,21)(H,19,22). The Morgan fingerprint density at radius 2 is 1.82 bits per heavy atom. The van der Waals surface area contributed by atoms with E-state index < -0.39 is 5.41 Å². The molecule has 5 heteroatoms. The van der Waals surface area contributed by atoms with Gasteiger partial charge >= 0.3 is 0 Å². The van der Waals surface area contributed by atoms with E-state index in [0.29, 0.717) is 18.7 Å². The van der Waals surface area contributed by atoms with Crippen molar-refractivity contribution in [2.24, 2.45) is 5.41 Å². The fraction of sp³-hybridized carbons (Fsp3) is 0.529. The maximum atomic E-state index is 12.1. The summed E-state index contributed by atoms with van der Waals surface area (Å²) in [5.41, 5.74) is 1.11. The average Bonchev–Trinajstić information content (AvgIpc) is 2.43. The molecule has 0 bridgehead atoms. The van der Waals surface area contributed by atoms with Crippen LogP contribution < -0.4 is 10.6 Å².